The predicted molar refractivity (Wildman–Crippen MR) is 137 cm³/mol. The van der Waals surface area contributed by atoms with E-state index in [1.165, 1.54) is 0 Å². The van der Waals surface area contributed by atoms with Crippen LogP contribution in [0, 0.1) is 6.92 Å². The Morgan fingerprint density at radius 3 is 2.47 bits per heavy atom. The predicted octanol–water partition coefficient (Wildman–Crippen LogP) is 4.30. The first kappa shape index (κ1) is 23.7. The van der Waals surface area contributed by atoms with Crippen LogP contribution in [0.3, 0.4) is 0 Å². The summed E-state index contributed by atoms with van der Waals surface area (Å²) in [5.74, 6) is -0.482. The topological polar surface area (TPSA) is 88.5 Å². The fraction of sp³-hybridized carbons (Fsp3) is 0.200. The minimum Gasteiger partial charge on any atom is -0.324 e. The average molecular weight is 496 g/mol. The van der Waals surface area contributed by atoms with E-state index < -0.39 is 22.5 Å². The molecule has 176 valence electrons. The Labute approximate surface area is 202 Å². The summed E-state index contributed by atoms with van der Waals surface area (Å²) in [5.41, 5.74) is 3.50. The van der Waals surface area contributed by atoms with Crippen molar-refractivity contribution >= 4 is 48.9 Å². The highest BCUT2D eigenvalue weighted by Crippen LogP contribution is 2.28. The lowest BCUT2D eigenvalue weighted by Gasteiger charge is -2.26. The number of benzene rings is 3. The third-order valence-electron chi connectivity index (χ3n) is 5.61. The molecular formula is C25H25N3O4S2. The molecule has 0 fully saturated rings. The van der Waals surface area contributed by atoms with Crippen molar-refractivity contribution in [2.24, 2.45) is 7.05 Å². The highest BCUT2D eigenvalue weighted by Gasteiger charge is 2.28. The molecule has 1 amide bonds. The molecule has 0 aliphatic rings. The number of rotatable bonds is 7. The summed E-state index contributed by atoms with van der Waals surface area (Å²) < 4.78 is 30.7. The number of anilines is 2. The molecule has 0 bridgehead atoms. The lowest BCUT2D eigenvalue weighted by atomic mass is 10.1. The van der Waals surface area contributed by atoms with Crippen LogP contribution in [0.5, 0.6) is 0 Å². The first-order chi connectivity index (χ1) is 16.2. The lowest BCUT2D eigenvalue weighted by molar-refractivity contribution is -0.114. The van der Waals surface area contributed by atoms with E-state index in [0.29, 0.717) is 17.8 Å². The second-order valence-electron chi connectivity index (χ2n) is 7.96. The van der Waals surface area contributed by atoms with Crippen molar-refractivity contribution in [2.45, 2.75) is 25.2 Å². The Bertz CT molecular complexity index is 1520. The van der Waals surface area contributed by atoms with Crippen LogP contribution in [0.15, 0.2) is 76.4 Å². The fourth-order valence-electron chi connectivity index (χ4n) is 3.73. The summed E-state index contributed by atoms with van der Waals surface area (Å²) in [7, 11) is -2.31. The van der Waals surface area contributed by atoms with Crippen molar-refractivity contribution in [3.05, 3.63) is 87.5 Å². The van der Waals surface area contributed by atoms with Crippen LogP contribution >= 0.6 is 11.3 Å². The zero-order valence-electron chi connectivity index (χ0n) is 19.1. The van der Waals surface area contributed by atoms with Gasteiger partial charge < -0.3 is 9.88 Å². The number of sulfonamides is 1. The first-order valence-electron chi connectivity index (χ1n) is 10.8. The number of hydrogen-bond donors (Lipinski definition) is 1. The molecule has 1 heterocycles. The average Bonchev–Trinajstić information content (AvgIpc) is 3.10. The summed E-state index contributed by atoms with van der Waals surface area (Å²) >= 11 is 1.09. The highest BCUT2D eigenvalue weighted by molar-refractivity contribution is 7.92. The van der Waals surface area contributed by atoms with Gasteiger partial charge in [-0.2, -0.15) is 0 Å². The van der Waals surface area contributed by atoms with Crippen LogP contribution in [0.1, 0.15) is 18.1 Å². The van der Waals surface area contributed by atoms with Crippen LogP contribution in [-0.4, -0.2) is 25.4 Å². The van der Waals surface area contributed by atoms with Gasteiger partial charge in [-0.05, 0) is 55.3 Å². The summed E-state index contributed by atoms with van der Waals surface area (Å²) in [5, 5.41) is 2.78. The van der Waals surface area contributed by atoms with E-state index in [-0.39, 0.29) is 9.77 Å². The van der Waals surface area contributed by atoms with Gasteiger partial charge in [0.2, 0.25) is 5.91 Å². The van der Waals surface area contributed by atoms with E-state index >= 15 is 0 Å². The van der Waals surface area contributed by atoms with Crippen molar-refractivity contribution in [2.75, 3.05) is 16.2 Å². The monoisotopic (exact) mass is 495 g/mol. The minimum absolute atomic E-state index is 0.0926. The molecule has 7 nitrogen and oxygen atoms in total. The Balaban J connectivity index is 1.68. The first-order valence-corrected chi connectivity index (χ1v) is 13.0. The third-order valence-corrected chi connectivity index (χ3v) is 8.38. The Morgan fingerprint density at radius 1 is 1.06 bits per heavy atom. The Kier molecular flexibility index (Phi) is 6.58. The van der Waals surface area contributed by atoms with Gasteiger partial charge in [-0.15, -0.1) is 0 Å². The SMILES string of the molecule is CCc1ccccc1N(CC(=O)Nc1ccc2c(c1)sc(=O)n2C)S(=O)(=O)c1ccc(C)cc1. The van der Waals surface area contributed by atoms with Crippen molar-refractivity contribution in [1.29, 1.82) is 0 Å². The van der Waals surface area contributed by atoms with Crippen LogP contribution in [-0.2, 0) is 28.3 Å². The maximum atomic E-state index is 13.6. The molecule has 9 heteroatoms. The van der Waals surface area contributed by atoms with Gasteiger partial charge >= 0.3 is 4.87 Å². The molecule has 4 rings (SSSR count). The molecule has 0 aliphatic carbocycles. The summed E-state index contributed by atoms with van der Waals surface area (Å²) in [6.45, 7) is 3.43. The smallest absolute Gasteiger partial charge is 0.307 e. The van der Waals surface area contributed by atoms with Gasteiger partial charge in [-0.3, -0.25) is 13.9 Å². The van der Waals surface area contributed by atoms with Crippen molar-refractivity contribution in [1.82, 2.24) is 4.57 Å². The maximum Gasteiger partial charge on any atom is 0.307 e. The Morgan fingerprint density at radius 2 is 1.76 bits per heavy atom. The zero-order valence-corrected chi connectivity index (χ0v) is 20.7. The second kappa shape index (κ2) is 9.44. The molecule has 0 unspecified atom stereocenters. The zero-order chi connectivity index (χ0) is 24.5. The molecule has 3 aromatic carbocycles. The molecule has 1 aromatic heterocycles. The van der Waals surface area contributed by atoms with E-state index in [1.54, 1.807) is 66.2 Å². The lowest BCUT2D eigenvalue weighted by Crippen LogP contribution is -2.38. The number of nitrogens with one attached hydrogen (secondary N) is 1. The van der Waals surface area contributed by atoms with Crippen molar-refractivity contribution in [3.8, 4) is 0 Å². The number of carbonyl (C=O) groups excluding carboxylic acids is 1. The van der Waals surface area contributed by atoms with Gasteiger partial charge in [0, 0.05) is 12.7 Å². The van der Waals surface area contributed by atoms with E-state index in [2.05, 4.69) is 5.32 Å². The number of aryl methyl sites for hydroxylation is 3. The van der Waals surface area contributed by atoms with Crippen molar-refractivity contribution < 1.29 is 13.2 Å². The number of aromatic nitrogens is 1. The molecule has 0 spiro atoms. The normalized spacial score (nSPS) is 11.5. The summed E-state index contributed by atoms with van der Waals surface area (Å²) in [4.78, 5) is 25.0. The van der Waals surface area contributed by atoms with Crippen LogP contribution < -0.4 is 14.5 Å². The molecular weight excluding hydrogens is 470 g/mol. The molecule has 0 atom stereocenters. The quantitative estimate of drug-likeness (QED) is 0.414. The van der Waals surface area contributed by atoms with E-state index in [0.717, 1.165) is 37.0 Å². The van der Waals surface area contributed by atoms with Gasteiger partial charge in [0.1, 0.15) is 6.54 Å². The van der Waals surface area contributed by atoms with Gasteiger partial charge in [-0.1, -0.05) is 54.2 Å². The highest BCUT2D eigenvalue weighted by atomic mass is 32.2. The number of hydrogen-bond acceptors (Lipinski definition) is 5. The number of amides is 1. The largest absolute Gasteiger partial charge is 0.324 e. The third kappa shape index (κ3) is 4.62. The number of para-hydroxylation sites is 1. The second-order valence-corrected chi connectivity index (χ2v) is 10.8. The molecule has 0 radical (unpaired) electrons. The molecule has 4 aromatic rings. The minimum atomic E-state index is -4.00. The molecule has 0 aliphatic heterocycles. The van der Waals surface area contributed by atoms with Crippen LogP contribution in [0.25, 0.3) is 10.2 Å². The molecule has 34 heavy (non-hydrogen) atoms. The van der Waals surface area contributed by atoms with Gasteiger partial charge in [0.05, 0.1) is 20.8 Å². The van der Waals surface area contributed by atoms with E-state index in [1.807, 2.05) is 26.0 Å². The van der Waals surface area contributed by atoms with Crippen LogP contribution in [0.2, 0.25) is 0 Å². The van der Waals surface area contributed by atoms with Crippen molar-refractivity contribution in [3.63, 3.8) is 0 Å². The standard InChI is InChI=1S/C25H25N3O4S2/c1-4-18-7-5-6-8-21(18)28(34(31,32)20-12-9-17(2)10-13-20)16-24(29)26-19-11-14-22-23(15-19)33-25(30)27(22)3/h5-15H,4,16H2,1-3H3,(H,26,29). The van der Waals surface area contributed by atoms with Gasteiger partial charge in [-0.25, -0.2) is 8.42 Å². The van der Waals surface area contributed by atoms with E-state index in [9.17, 15) is 18.0 Å². The number of carbonyl (C=O) groups is 1. The van der Waals surface area contributed by atoms with Gasteiger partial charge in [0.25, 0.3) is 10.0 Å². The molecule has 1 N–H and O–H groups in total. The van der Waals surface area contributed by atoms with E-state index in [4.69, 9.17) is 0 Å². The summed E-state index contributed by atoms with van der Waals surface area (Å²) in [6.07, 6.45) is 0.612. The molecule has 0 saturated carbocycles. The number of fused-ring (bicyclic) bond motifs is 1. The number of thiazole rings is 1. The molecule has 0 saturated heterocycles. The maximum absolute atomic E-state index is 13.6. The fourth-order valence-corrected chi connectivity index (χ4v) is 6.11. The van der Waals surface area contributed by atoms with Gasteiger partial charge in [0.15, 0.2) is 0 Å². The Hall–Kier alpha value is -3.43. The number of nitrogens with zero attached hydrogens (tertiary/aromatic N) is 2. The summed E-state index contributed by atoms with van der Waals surface area (Å²) in [6, 6.07) is 18.9. The van der Waals surface area contributed by atoms with Crippen LogP contribution in [0.4, 0.5) is 11.4 Å².